The lowest BCUT2D eigenvalue weighted by Gasteiger charge is -2.29. The summed E-state index contributed by atoms with van der Waals surface area (Å²) in [5.74, 6) is -1.14. The molecule has 1 aliphatic heterocycles. The lowest BCUT2D eigenvalue weighted by atomic mass is 9.94. The van der Waals surface area contributed by atoms with Crippen molar-refractivity contribution in [2.75, 3.05) is 6.61 Å². The molecule has 0 aliphatic carbocycles. The van der Waals surface area contributed by atoms with E-state index in [0.29, 0.717) is 6.42 Å². The van der Waals surface area contributed by atoms with E-state index in [-0.39, 0.29) is 12.5 Å². The molecule has 1 fully saturated rings. The van der Waals surface area contributed by atoms with Gasteiger partial charge in [0.2, 0.25) is 0 Å². The van der Waals surface area contributed by atoms with Gasteiger partial charge in [-0.15, -0.1) is 0 Å². The van der Waals surface area contributed by atoms with Gasteiger partial charge in [-0.3, -0.25) is 9.59 Å². The van der Waals surface area contributed by atoms with E-state index in [0.717, 1.165) is 5.56 Å². The molecule has 27 heavy (non-hydrogen) atoms. The third-order valence-corrected chi connectivity index (χ3v) is 4.11. The van der Waals surface area contributed by atoms with E-state index in [4.69, 9.17) is 14.2 Å². The van der Waals surface area contributed by atoms with Crippen LogP contribution in [0.3, 0.4) is 0 Å². The first-order valence-corrected chi connectivity index (χ1v) is 9.18. The summed E-state index contributed by atoms with van der Waals surface area (Å²) in [6, 6.07) is 8.81. The van der Waals surface area contributed by atoms with Gasteiger partial charge in [-0.25, -0.2) is 4.79 Å². The molecule has 1 aromatic rings. The molecule has 0 bridgehead atoms. The molecule has 2 rings (SSSR count). The van der Waals surface area contributed by atoms with Crippen LogP contribution >= 0.6 is 0 Å². The van der Waals surface area contributed by atoms with Crippen LogP contribution in [0, 0.1) is 5.92 Å². The summed E-state index contributed by atoms with van der Waals surface area (Å²) in [6.45, 7) is 7.29. The van der Waals surface area contributed by atoms with Crippen LogP contribution in [0.2, 0.25) is 0 Å². The zero-order chi connectivity index (χ0) is 20.0. The van der Waals surface area contributed by atoms with Gasteiger partial charge in [-0.2, -0.15) is 0 Å². The molecule has 0 spiro atoms. The maximum atomic E-state index is 12.6. The van der Waals surface area contributed by atoms with Crippen molar-refractivity contribution in [2.45, 2.75) is 58.5 Å². The number of hydrogen-bond donors (Lipinski definition) is 1. The molecule has 4 atom stereocenters. The van der Waals surface area contributed by atoms with Crippen LogP contribution in [0.4, 0.5) is 0 Å². The summed E-state index contributed by atoms with van der Waals surface area (Å²) in [5, 5.41) is 2.89. The lowest BCUT2D eigenvalue weighted by molar-refractivity contribution is -0.149. The minimum absolute atomic E-state index is 0.228. The zero-order valence-corrected chi connectivity index (χ0v) is 16.1. The fourth-order valence-corrected chi connectivity index (χ4v) is 2.95. The van der Waals surface area contributed by atoms with Gasteiger partial charge >= 0.3 is 11.9 Å². The number of ether oxygens (including phenoxy) is 3. The average Bonchev–Trinajstić information content (AvgIpc) is 3.40. The largest absolute Gasteiger partial charge is 0.464 e. The zero-order valence-electron chi connectivity index (χ0n) is 16.1. The number of epoxide rings is 1. The number of benzene rings is 1. The van der Waals surface area contributed by atoms with Crippen LogP contribution in [0.15, 0.2) is 30.3 Å². The number of carbonyl (C=O) groups excluding carboxylic acids is 3. The summed E-state index contributed by atoms with van der Waals surface area (Å²) in [4.78, 5) is 35.9. The van der Waals surface area contributed by atoms with Crippen LogP contribution < -0.4 is 5.32 Å². The van der Waals surface area contributed by atoms with Gasteiger partial charge < -0.3 is 19.5 Å². The Balaban J connectivity index is 2.14. The van der Waals surface area contributed by atoms with Crippen LogP contribution in [-0.2, 0) is 28.6 Å². The van der Waals surface area contributed by atoms with Crippen molar-refractivity contribution in [3.8, 4) is 0 Å². The first-order valence-electron chi connectivity index (χ1n) is 9.18. The highest BCUT2D eigenvalue weighted by Crippen LogP contribution is 2.28. The molecule has 1 saturated heterocycles. The summed E-state index contributed by atoms with van der Waals surface area (Å²) in [6.07, 6.45) is -1.77. The maximum absolute atomic E-state index is 12.6. The first-order chi connectivity index (χ1) is 12.8. The van der Waals surface area contributed by atoms with Crippen molar-refractivity contribution in [3.05, 3.63) is 35.9 Å². The average molecular weight is 377 g/mol. The number of carbonyl (C=O) groups is 3. The van der Waals surface area contributed by atoms with E-state index < -0.39 is 42.2 Å². The summed E-state index contributed by atoms with van der Waals surface area (Å²) in [7, 11) is 0. The van der Waals surface area contributed by atoms with E-state index >= 15 is 0 Å². The predicted octanol–water partition coefficient (Wildman–Crippen LogP) is 2.15. The van der Waals surface area contributed by atoms with E-state index in [1.165, 1.54) is 6.92 Å². The first kappa shape index (κ1) is 20.9. The number of amides is 1. The summed E-state index contributed by atoms with van der Waals surface area (Å²) in [5.41, 5.74) is 0.789. The van der Waals surface area contributed by atoms with E-state index in [2.05, 4.69) is 5.32 Å². The van der Waals surface area contributed by atoms with Gasteiger partial charge in [-0.05, 0) is 24.8 Å². The van der Waals surface area contributed by atoms with Crippen molar-refractivity contribution in [1.29, 1.82) is 0 Å². The fourth-order valence-electron chi connectivity index (χ4n) is 2.95. The summed E-state index contributed by atoms with van der Waals surface area (Å²) >= 11 is 0. The highest BCUT2D eigenvalue weighted by atomic mass is 16.6. The van der Waals surface area contributed by atoms with Gasteiger partial charge in [-0.1, -0.05) is 44.2 Å². The normalized spacial score (nSPS) is 20.5. The Morgan fingerprint density at radius 2 is 1.81 bits per heavy atom. The SMILES string of the molecule is CCOC(=O)[C@H]1O[C@@H]1C(=O)N[C@@H](CC(C)C)[C@H](OC(C)=O)c1ccccc1. The Bertz CT molecular complexity index is 660. The Morgan fingerprint density at radius 1 is 1.15 bits per heavy atom. The molecule has 7 heteroatoms. The molecule has 1 N–H and O–H groups in total. The second-order valence-electron chi connectivity index (χ2n) is 6.91. The molecule has 0 unspecified atom stereocenters. The van der Waals surface area contributed by atoms with Crippen LogP contribution in [0.1, 0.15) is 45.8 Å². The van der Waals surface area contributed by atoms with Gasteiger partial charge in [0, 0.05) is 6.92 Å². The van der Waals surface area contributed by atoms with Gasteiger partial charge in [0.25, 0.3) is 5.91 Å². The standard InChI is InChI=1S/C20H27NO6/c1-5-25-20(24)18-17(27-18)19(23)21-15(11-12(2)3)16(26-13(4)22)14-9-7-6-8-10-14/h6-10,12,15-18H,5,11H2,1-4H3,(H,21,23)/t15-,16+,17-,18-/m0/s1. The Morgan fingerprint density at radius 3 is 2.37 bits per heavy atom. The van der Waals surface area contributed by atoms with E-state index in [1.54, 1.807) is 6.92 Å². The molecule has 148 valence electrons. The molecule has 1 heterocycles. The van der Waals surface area contributed by atoms with Crippen molar-refractivity contribution < 1.29 is 28.6 Å². The van der Waals surface area contributed by atoms with Crippen molar-refractivity contribution in [2.24, 2.45) is 5.92 Å². The monoisotopic (exact) mass is 377 g/mol. The summed E-state index contributed by atoms with van der Waals surface area (Å²) < 4.78 is 15.6. The number of rotatable bonds is 9. The second kappa shape index (κ2) is 9.50. The van der Waals surface area contributed by atoms with Crippen molar-refractivity contribution in [3.63, 3.8) is 0 Å². The smallest absolute Gasteiger partial charge is 0.338 e. The Labute approximate surface area is 159 Å². The predicted molar refractivity (Wildman–Crippen MR) is 97.6 cm³/mol. The number of esters is 2. The third-order valence-electron chi connectivity index (χ3n) is 4.11. The Kier molecular flexibility index (Phi) is 7.36. The number of nitrogens with one attached hydrogen (secondary N) is 1. The van der Waals surface area contributed by atoms with E-state index in [9.17, 15) is 14.4 Å². The molecular formula is C20H27NO6. The van der Waals surface area contributed by atoms with Crippen LogP contribution in [0.5, 0.6) is 0 Å². The van der Waals surface area contributed by atoms with Crippen molar-refractivity contribution >= 4 is 17.8 Å². The third kappa shape index (κ3) is 6.06. The topological polar surface area (TPSA) is 94.2 Å². The van der Waals surface area contributed by atoms with Crippen LogP contribution in [-0.4, -0.2) is 42.7 Å². The molecular weight excluding hydrogens is 350 g/mol. The molecule has 0 saturated carbocycles. The van der Waals surface area contributed by atoms with Crippen LogP contribution in [0.25, 0.3) is 0 Å². The quantitative estimate of drug-likeness (QED) is 0.523. The highest BCUT2D eigenvalue weighted by Gasteiger charge is 2.52. The fraction of sp³-hybridized carbons (Fsp3) is 0.550. The lowest BCUT2D eigenvalue weighted by Crippen LogP contribution is -2.44. The molecule has 7 nitrogen and oxygen atoms in total. The molecule has 0 radical (unpaired) electrons. The van der Waals surface area contributed by atoms with Gasteiger partial charge in [0.15, 0.2) is 12.2 Å². The Hall–Kier alpha value is -2.41. The molecule has 1 aliphatic rings. The van der Waals surface area contributed by atoms with Crippen molar-refractivity contribution in [1.82, 2.24) is 5.32 Å². The molecule has 1 aromatic carbocycles. The second-order valence-corrected chi connectivity index (χ2v) is 6.91. The molecule has 1 amide bonds. The number of hydrogen-bond acceptors (Lipinski definition) is 6. The van der Waals surface area contributed by atoms with Gasteiger partial charge in [0.1, 0.15) is 6.10 Å². The van der Waals surface area contributed by atoms with E-state index in [1.807, 2.05) is 44.2 Å². The molecule has 0 aromatic heterocycles. The minimum atomic E-state index is -0.868. The van der Waals surface area contributed by atoms with Gasteiger partial charge in [0.05, 0.1) is 12.6 Å². The maximum Gasteiger partial charge on any atom is 0.338 e. The highest BCUT2D eigenvalue weighted by molar-refractivity contribution is 5.92. The minimum Gasteiger partial charge on any atom is -0.464 e.